The number of halogens is 1. The number of carbonyl (C=O) groups is 2. The predicted octanol–water partition coefficient (Wildman–Crippen LogP) is 1.54. The van der Waals surface area contributed by atoms with E-state index in [2.05, 4.69) is 15.2 Å². The van der Waals surface area contributed by atoms with Crippen LogP contribution in [-0.2, 0) is 14.3 Å². The summed E-state index contributed by atoms with van der Waals surface area (Å²) in [5.74, 6) is 1.60. The summed E-state index contributed by atoms with van der Waals surface area (Å²) in [6.07, 6.45) is 8.04. The first-order valence-electron chi connectivity index (χ1n) is 11.2. The third-order valence-electron chi connectivity index (χ3n) is 6.23. The van der Waals surface area contributed by atoms with E-state index < -0.39 is 0 Å². The molecule has 3 aliphatic rings. The summed E-state index contributed by atoms with van der Waals surface area (Å²) in [4.78, 5) is 34.9. The molecule has 0 aromatic rings. The third-order valence-corrected chi connectivity index (χ3v) is 6.23. The smallest absolute Gasteiger partial charge is 0.251 e. The quantitative estimate of drug-likeness (QED) is 0.329. The van der Waals surface area contributed by atoms with Crippen molar-refractivity contribution in [3.63, 3.8) is 0 Å². The van der Waals surface area contributed by atoms with Gasteiger partial charge >= 0.3 is 0 Å². The second kappa shape index (κ2) is 12.7. The molecular weight excluding hydrogens is 497 g/mol. The second-order valence-corrected chi connectivity index (χ2v) is 8.63. The Kier molecular flexibility index (Phi) is 10.6. The van der Waals surface area contributed by atoms with E-state index in [0.717, 1.165) is 38.4 Å². The number of nitrogens with zero attached hydrogens (tertiary/aromatic N) is 4. The van der Waals surface area contributed by atoms with Crippen LogP contribution in [0.1, 0.15) is 44.9 Å². The number of amides is 2. The Morgan fingerprint density at radius 2 is 1.67 bits per heavy atom. The van der Waals surface area contributed by atoms with Gasteiger partial charge in [0.15, 0.2) is 5.96 Å². The van der Waals surface area contributed by atoms with E-state index in [9.17, 15) is 9.59 Å². The number of likely N-dealkylation sites (N-methyl/N-ethyl adjacent to an activating group) is 1. The van der Waals surface area contributed by atoms with Crippen molar-refractivity contribution in [3.05, 3.63) is 0 Å². The molecule has 8 nitrogen and oxygen atoms in total. The normalized spacial score (nSPS) is 23.1. The molecule has 0 aromatic carbocycles. The van der Waals surface area contributed by atoms with Crippen molar-refractivity contribution in [1.29, 1.82) is 0 Å². The first kappa shape index (κ1) is 25.2. The molecule has 1 unspecified atom stereocenters. The lowest BCUT2D eigenvalue weighted by atomic mass is 9.89. The van der Waals surface area contributed by atoms with Gasteiger partial charge in [0, 0.05) is 53.4 Å². The van der Waals surface area contributed by atoms with Gasteiger partial charge in [-0.15, -0.1) is 24.0 Å². The van der Waals surface area contributed by atoms with E-state index in [1.54, 1.807) is 19.0 Å². The van der Waals surface area contributed by atoms with Crippen LogP contribution < -0.4 is 5.32 Å². The Bertz CT molecular complexity index is 581. The first-order chi connectivity index (χ1) is 14.0. The van der Waals surface area contributed by atoms with Gasteiger partial charge in [-0.05, 0) is 31.6 Å². The molecule has 0 spiro atoms. The van der Waals surface area contributed by atoms with E-state index in [1.807, 2.05) is 4.90 Å². The Morgan fingerprint density at radius 3 is 2.27 bits per heavy atom. The van der Waals surface area contributed by atoms with Crippen LogP contribution in [0.3, 0.4) is 0 Å². The molecule has 0 bridgehead atoms. The molecule has 172 valence electrons. The van der Waals surface area contributed by atoms with Crippen LogP contribution in [0.25, 0.3) is 0 Å². The SMILES string of the molecule is CN(C)C(=O)CN=C(NCC1CCCCC1)N1CCN(C(=O)C2CCCO2)CC1.I. The van der Waals surface area contributed by atoms with E-state index >= 15 is 0 Å². The number of carbonyl (C=O) groups excluding carboxylic acids is 2. The van der Waals surface area contributed by atoms with Crippen LogP contribution in [0.5, 0.6) is 0 Å². The van der Waals surface area contributed by atoms with Gasteiger partial charge < -0.3 is 24.8 Å². The Balaban J connectivity index is 0.00000320. The topological polar surface area (TPSA) is 77.5 Å². The van der Waals surface area contributed by atoms with Gasteiger partial charge in [-0.2, -0.15) is 0 Å². The predicted molar refractivity (Wildman–Crippen MR) is 128 cm³/mol. The van der Waals surface area contributed by atoms with Gasteiger partial charge in [-0.1, -0.05) is 19.3 Å². The van der Waals surface area contributed by atoms with Gasteiger partial charge in [0.2, 0.25) is 5.91 Å². The number of hydrogen-bond donors (Lipinski definition) is 1. The van der Waals surface area contributed by atoms with Crippen LogP contribution in [-0.4, -0.2) is 98.5 Å². The van der Waals surface area contributed by atoms with Crippen molar-refractivity contribution >= 4 is 41.8 Å². The Hall–Kier alpha value is -1.10. The average molecular weight is 535 g/mol. The summed E-state index contributed by atoms with van der Waals surface area (Å²) < 4.78 is 5.55. The Morgan fingerprint density at radius 1 is 1.00 bits per heavy atom. The van der Waals surface area contributed by atoms with Gasteiger partial charge in [-0.3, -0.25) is 9.59 Å². The molecule has 1 atom stereocenters. The second-order valence-electron chi connectivity index (χ2n) is 8.63. The molecule has 3 rings (SSSR count). The molecule has 1 aliphatic carbocycles. The molecule has 1 N–H and O–H groups in total. The number of guanidine groups is 1. The maximum Gasteiger partial charge on any atom is 0.251 e. The standard InChI is InChI=1S/C21H37N5O3.HI/c1-24(2)19(27)16-23-21(22-15-17-7-4-3-5-8-17)26-12-10-25(11-13-26)20(28)18-9-6-14-29-18;/h17-18H,3-16H2,1-2H3,(H,22,23);1H. The zero-order valence-electron chi connectivity index (χ0n) is 18.5. The molecule has 1 saturated carbocycles. The van der Waals surface area contributed by atoms with Gasteiger partial charge in [0.05, 0.1) is 0 Å². The van der Waals surface area contributed by atoms with Gasteiger partial charge in [-0.25, -0.2) is 4.99 Å². The van der Waals surface area contributed by atoms with Crippen molar-refractivity contribution in [2.45, 2.75) is 51.0 Å². The molecule has 3 fully saturated rings. The fourth-order valence-electron chi connectivity index (χ4n) is 4.29. The maximum absolute atomic E-state index is 12.6. The van der Waals surface area contributed by atoms with Crippen LogP contribution in [0, 0.1) is 5.92 Å². The zero-order valence-corrected chi connectivity index (χ0v) is 20.8. The number of rotatable bonds is 5. The molecule has 2 aliphatic heterocycles. The summed E-state index contributed by atoms with van der Waals surface area (Å²) >= 11 is 0. The lowest BCUT2D eigenvalue weighted by Gasteiger charge is -2.38. The fraction of sp³-hybridized carbons (Fsp3) is 0.857. The molecule has 9 heteroatoms. The van der Waals surface area contributed by atoms with Crippen molar-refractivity contribution in [2.75, 3.05) is 60.0 Å². The van der Waals surface area contributed by atoms with E-state index in [4.69, 9.17) is 4.74 Å². The van der Waals surface area contributed by atoms with Gasteiger partial charge in [0.1, 0.15) is 12.6 Å². The highest BCUT2D eigenvalue weighted by atomic mass is 127. The minimum Gasteiger partial charge on any atom is -0.368 e. The summed E-state index contributed by atoms with van der Waals surface area (Å²) in [6.45, 7) is 4.54. The minimum atomic E-state index is -0.253. The molecule has 2 heterocycles. The Labute approximate surface area is 197 Å². The first-order valence-corrected chi connectivity index (χ1v) is 11.2. The van der Waals surface area contributed by atoms with Crippen LogP contribution in [0.15, 0.2) is 4.99 Å². The molecule has 0 aromatic heterocycles. The number of ether oxygens (including phenoxy) is 1. The maximum atomic E-state index is 12.6. The number of piperazine rings is 1. The van der Waals surface area contributed by atoms with E-state index in [0.29, 0.717) is 25.6 Å². The van der Waals surface area contributed by atoms with Crippen LogP contribution in [0.2, 0.25) is 0 Å². The summed E-state index contributed by atoms with van der Waals surface area (Å²) in [6, 6.07) is 0. The lowest BCUT2D eigenvalue weighted by Crippen LogP contribution is -2.55. The third kappa shape index (κ3) is 7.25. The largest absolute Gasteiger partial charge is 0.368 e. The van der Waals surface area contributed by atoms with Crippen molar-refractivity contribution in [1.82, 2.24) is 20.0 Å². The molecule has 30 heavy (non-hydrogen) atoms. The zero-order chi connectivity index (χ0) is 20.6. The fourth-order valence-corrected chi connectivity index (χ4v) is 4.29. The summed E-state index contributed by atoms with van der Waals surface area (Å²) in [7, 11) is 3.50. The van der Waals surface area contributed by atoms with Crippen molar-refractivity contribution < 1.29 is 14.3 Å². The highest BCUT2D eigenvalue weighted by Gasteiger charge is 2.31. The average Bonchev–Trinajstić information content (AvgIpc) is 3.29. The monoisotopic (exact) mass is 535 g/mol. The van der Waals surface area contributed by atoms with Gasteiger partial charge in [0.25, 0.3) is 5.91 Å². The minimum absolute atomic E-state index is 0. The summed E-state index contributed by atoms with van der Waals surface area (Å²) in [5, 5.41) is 3.53. The van der Waals surface area contributed by atoms with Crippen molar-refractivity contribution in [2.24, 2.45) is 10.9 Å². The molecule has 2 saturated heterocycles. The van der Waals surface area contributed by atoms with Crippen molar-refractivity contribution in [3.8, 4) is 0 Å². The molecular formula is C21H38IN5O3. The lowest BCUT2D eigenvalue weighted by molar-refractivity contribution is -0.142. The highest BCUT2D eigenvalue weighted by Crippen LogP contribution is 2.23. The number of aliphatic imine (C=N–C) groups is 1. The van der Waals surface area contributed by atoms with E-state index in [-0.39, 0.29) is 48.4 Å². The number of hydrogen-bond acceptors (Lipinski definition) is 4. The number of nitrogens with one attached hydrogen (secondary N) is 1. The summed E-state index contributed by atoms with van der Waals surface area (Å²) in [5.41, 5.74) is 0. The van der Waals surface area contributed by atoms with Crippen LogP contribution >= 0.6 is 24.0 Å². The van der Waals surface area contributed by atoms with Crippen LogP contribution in [0.4, 0.5) is 0 Å². The molecule has 2 amide bonds. The highest BCUT2D eigenvalue weighted by molar-refractivity contribution is 14.0. The van der Waals surface area contributed by atoms with E-state index in [1.165, 1.54) is 32.1 Å². The molecule has 0 radical (unpaired) electrons.